The highest BCUT2D eigenvalue weighted by molar-refractivity contribution is 7.10. The van der Waals surface area contributed by atoms with E-state index in [0.29, 0.717) is 11.3 Å². The molecule has 0 amide bonds. The van der Waals surface area contributed by atoms with Gasteiger partial charge in [0.2, 0.25) is 0 Å². The van der Waals surface area contributed by atoms with Gasteiger partial charge in [-0.25, -0.2) is 4.79 Å². The second-order valence-corrected chi connectivity index (χ2v) is 6.44. The third-order valence-electron chi connectivity index (χ3n) is 3.84. The number of hydrogen-bond donors (Lipinski definition) is 0. The van der Waals surface area contributed by atoms with Gasteiger partial charge in [0.05, 0.1) is 5.57 Å². The minimum atomic E-state index is -0.300. The summed E-state index contributed by atoms with van der Waals surface area (Å²) in [6, 6.07) is 22.2. The Hall–Kier alpha value is -2.91. The number of cyclic esters (lactones) is 1. The standard InChI is InChI=1S/C21H14O2S/c22-21-18(13-19-7-4-12-24-19)14-20(23-21)17-10-8-16(9-11-17)15-5-2-1-3-6-15/h1-14H/b18-13-. The van der Waals surface area contributed by atoms with Gasteiger partial charge in [-0.05, 0) is 34.7 Å². The van der Waals surface area contributed by atoms with E-state index in [2.05, 4.69) is 12.1 Å². The third-order valence-corrected chi connectivity index (χ3v) is 4.66. The van der Waals surface area contributed by atoms with Gasteiger partial charge in [0, 0.05) is 10.4 Å². The number of rotatable bonds is 3. The predicted molar refractivity (Wildman–Crippen MR) is 98.2 cm³/mol. The molecule has 24 heavy (non-hydrogen) atoms. The van der Waals surface area contributed by atoms with Crippen LogP contribution in [0.1, 0.15) is 10.4 Å². The van der Waals surface area contributed by atoms with Crippen LogP contribution in [0.3, 0.4) is 0 Å². The van der Waals surface area contributed by atoms with Crippen molar-refractivity contribution in [1.29, 1.82) is 0 Å². The summed E-state index contributed by atoms with van der Waals surface area (Å²) in [5.74, 6) is 0.299. The van der Waals surface area contributed by atoms with Crippen LogP contribution < -0.4 is 0 Å². The van der Waals surface area contributed by atoms with E-state index in [9.17, 15) is 4.79 Å². The average Bonchev–Trinajstić information content (AvgIpc) is 3.27. The van der Waals surface area contributed by atoms with Crippen LogP contribution in [0.25, 0.3) is 23.0 Å². The molecule has 0 bridgehead atoms. The van der Waals surface area contributed by atoms with Crippen LogP contribution >= 0.6 is 11.3 Å². The smallest absolute Gasteiger partial charge is 0.343 e. The lowest BCUT2D eigenvalue weighted by Gasteiger charge is -2.04. The number of carbonyl (C=O) groups excluding carboxylic acids is 1. The second-order valence-electron chi connectivity index (χ2n) is 5.46. The van der Waals surface area contributed by atoms with Crippen molar-refractivity contribution in [3.05, 3.63) is 94.2 Å². The monoisotopic (exact) mass is 330 g/mol. The van der Waals surface area contributed by atoms with Crippen molar-refractivity contribution in [1.82, 2.24) is 0 Å². The Kier molecular flexibility index (Phi) is 3.85. The molecule has 1 aliphatic heterocycles. The maximum Gasteiger partial charge on any atom is 0.343 e. The summed E-state index contributed by atoms with van der Waals surface area (Å²) in [5, 5.41) is 1.99. The molecule has 0 aliphatic carbocycles. The van der Waals surface area contributed by atoms with Crippen LogP contribution in [0.2, 0.25) is 0 Å². The van der Waals surface area contributed by atoms with Gasteiger partial charge in [0.15, 0.2) is 0 Å². The molecule has 0 atom stereocenters. The Bertz CT molecular complexity index is 918. The Labute approximate surface area is 144 Å². The van der Waals surface area contributed by atoms with E-state index in [-0.39, 0.29) is 5.97 Å². The van der Waals surface area contributed by atoms with Gasteiger partial charge >= 0.3 is 5.97 Å². The van der Waals surface area contributed by atoms with Gasteiger partial charge in [0.25, 0.3) is 0 Å². The molecule has 0 fully saturated rings. The highest BCUT2D eigenvalue weighted by Gasteiger charge is 2.22. The number of thiophene rings is 1. The minimum Gasteiger partial charge on any atom is -0.422 e. The van der Waals surface area contributed by atoms with Gasteiger partial charge in [-0.2, -0.15) is 0 Å². The first-order valence-corrected chi connectivity index (χ1v) is 8.52. The van der Waals surface area contributed by atoms with E-state index in [0.717, 1.165) is 16.0 Å². The van der Waals surface area contributed by atoms with Crippen molar-refractivity contribution in [3.63, 3.8) is 0 Å². The Morgan fingerprint density at radius 2 is 1.50 bits per heavy atom. The van der Waals surface area contributed by atoms with Crippen LogP contribution in [-0.2, 0) is 9.53 Å². The van der Waals surface area contributed by atoms with Crippen molar-refractivity contribution < 1.29 is 9.53 Å². The summed E-state index contributed by atoms with van der Waals surface area (Å²) in [7, 11) is 0. The Balaban J connectivity index is 1.61. The molecule has 0 spiro atoms. The number of benzene rings is 2. The van der Waals surface area contributed by atoms with Crippen LogP contribution in [0.4, 0.5) is 0 Å². The quantitative estimate of drug-likeness (QED) is 0.475. The Morgan fingerprint density at radius 1 is 0.792 bits per heavy atom. The first-order chi connectivity index (χ1) is 11.8. The lowest BCUT2D eigenvalue weighted by atomic mass is 10.0. The summed E-state index contributed by atoms with van der Waals surface area (Å²) in [6.45, 7) is 0. The summed E-state index contributed by atoms with van der Waals surface area (Å²) in [4.78, 5) is 13.1. The van der Waals surface area contributed by atoms with E-state index in [1.54, 1.807) is 17.4 Å². The summed E-state index contributed by atoms with van der Waals surface area (Å²) >= 11 is 1.59. The zero-order valence-corrected chi connectivity index (χ0v) is 13.6. The van der Waals surface area contributed by atoms with Crippen LogP contribution in [0, 0.1) is 0 Å². The normalized spacial score (nSPS) is 15.4. The fraction of sp³-hybridized carbons (Fsp3) is 0. The second kappa shape index (κ2) is 6.30. The Morgan fingerprint density at radius 3 is 2.21 bits per heavy atom. The molecule has 2 nitrogen and oxygen atoms in total. The molecule has 2 heterocycles. The number of hydrogen-bond acceptors (Lipinski definition) is 3. The SMILES string of the molecule is O=C1OC(c2ccc(-c3ccccc3)cc2)=C/C1=C/c1cccs1. The fourth-order valence-corrected chi connectivity index (χ4v) is 3.28. The first kappa shape index (κ1) is 14.7. The molecule has 0 saturated heterocycles. The zero-order chi connectivity index (χ0) is 16.4. The van der Waals surface area contributed by atoms with E-state index in [1.165, 1.54) is 5.56 Å². The molecule has 0 radical (unpaired) electrons. The molecule has 1 aromatic heterocycles. The minimum absolute atomic E-state index is 0.300. The topological polar surface area (TPSA) is 26.3 Å². The molecule has 0 unspecified atom stereocenters. The maximum atomic E-state index is 12.0. The maximum absolute atomic E-state index is 12.0. The highest BCUT2D eigenvalue weighted by atomic mass is 32.1. The van der Waals surface area contributed by atoms with Crippen LogP contribution in [0.15, 0.2) is 83.8 Å². The van der Waals surface area contributed by atoms with E-state index >= 15 is 0 Å². The molecule has 3 heteroatoms. The fourth-order valence-electron chi connectivity index (χ4n) is 2.62. The number of esters is 1. The van der Waals surface area contributed by atoms with Gasteiger partial charge in [0.1, 0.15) is 5.76 Å². The van der Waals surface area contributed by atoms with Crippen LogP contribution in [-0.4, -0.2) is 5.97 Å². The number of ether oxygens (including phenoxy) is 1. The van der Waals surface area contributed by atoms with Gasteiger partial charge in [-0.15, -0.1) is 11.3 Å². The zero-order valence-electron chi connectivity index (χ0n) is 12.8. The lowest BCUT2D eigenvalue weighted by molar-refractivity contribution is -0.130. The van der Waals surface area contributed by atoms with Crippen molar-refractivity contribution in [3.8, 4) is 11.1 Å². The van der Waals surface area contributed by atoms with Gasteiger partial charge in [-0.3, -0.25) is 0 Å². The molecule has 2 aromatic carbocycles. The predicted octanol–water partition coefficient (Wildman–Crippen LogP) is 5.40. The van der Waals surface area contributed by atoms with Gasteiger partial charge in [-0.1, -0.05) is 60.7 Å². The lowest BCUT2D eigenvalue weighted by Crippen LogP contribution is -1.96. The molecule has 0 saturated carbocycles. The molecular weight excluding hydrogens is 316 g/mol. The molecule has 1 aliphatic rings. The van der Waals surface area contributed by atoms with E-state index in [1.807, 2.05) is 66.1 Å². The van der Waals surface area contributed by atoms with Crippen molar-refractivity contribution in [2.45, 2.75) is 0 Å². The summed E-state index contributed by atoms with van der Waals surface area (Å²) in [6.07, 6.45) is 3.66. The van der Waals surface area contributed by atoms with Crippen LogP contribution in [0.5, 0.6) is 0 Å². The highest BCUT2D eigenvalue weighted by Crippen LogP contribution is 2.29. The molecule has 3 aromatic rings. The summed E-state index contributed by atoms with van der Waals surface area (Å²) in [5.41, 5.74) is 3.79. The largest absolute Gasteiger partial charge is 0.422 e. The molecule has 116 valence electrons. The van der Waals surface area contributed by atoms with Crippen molar-refractivity contribution in [2.75, 3.05) is 0 Å². The molecular formula is C21H14O2S. The number of carbonyl (C=O) groups is 1. The molecule has 4 rings (SSSR count). The summed E-state index contributed by atoms with van der Waals surface area (Å²) < 4.78 is 5.41. The third kappa shape index (κ3) is 2.94. The first-order valence-electron chi connectivity index (χ1n) is 7.64. The van der Waals surface area contributed by atoms with Crippen molar-refractivity contribution >= 4 is 29.1 Å². The van der Waals surface area contributed by atoms with Gasteiger partial charge < -0.3 is 4.74 Å². The average molecular weight is 330 g/mol. The molecule has 0 N–H and O–H groups in total. The van der Waals surface area contributed by atoms with Crippen molar-refractivity contribution in [2.24, 2.45) is 0 Å². The van der Waals surface area contributed by atoms with E-state index in [4.69, 9.17) is 4.74 Å². The van der Waals surface area contributed by atoms with E-state index < -0.39 is 0 Å².